The summed E-state index contributed by atoms with van der Waals surface area (Å²) in [7, 11) is -2.29. The van der Waals surface area contributed by atoms with E-state index < -0.39 is 15.9 Å². The van der Waals surface area contributed by atoms with Gasteiger partial charge in [-0.05, 0) is 30.3 Å². The van der Waals surface area contributed by atoms with Crippen LogP contribution in [0.4, 0.5) is 5.69 Å². The van der Waals surface area contributed by atoms with Crippen molar-refractivity contribution in [3.05, 3.63) is 47.5 Å². The van der Waals surface area contributed by atoms with Crippen molar-refractivity contribution < 1.29 is 27.4 Å². The summed E-state index contributed by atoms with van der Waals surface area (Å²) in [4.78, 5) is 12.2. The number of benzene rings is 2. The fourth-order valence-corrected chi connectivity index (χ4v) is 4.69. The number of nitrogens with zero attached hydrogens (tertiary/aromatic N) is 1. The molecule has 0 spiro atoms. The average molecular weight is 441 g/mol. The monoisotopic (exact) mass is 440 g/mol. The van der Waals surface area contributed by atoms with Gasteiger partial charge in [0.1, 0.15) is 4.90 Å². The summed E-state index contributed by atoms with van der Waals surface area (Å²) in [6.07, 6.45) is 0. The number of hydrogen-bond acceptors (Lipinski definition) is 6. The molecule has 3 rings (SSSR count). The van der Waals surface area contributed by atoms with Gasteiger partial charge in [0.05, 0.1) is 25.3 Å². The van der Waals surface area contributed by atoms with Gasteiger partial charge in [-0.15, -0.1) is 0 Å². The maximum Gasteiger partial charge on any atom is 0.262 e. The Morgan fingerprint density at radius 2 is 1.86 bits per heavy atom. The van der Waals surface area contributed by atoms with Crippen molar-refractivity contribution in [2.75, 3.05) is 45.3 Å². The zero-order valence-electron chi connectivity index (χ0n) is 15.8. The Labute approximate surface area is 174 Å². The minimum atomic E-state index is -3.79. The Morgan fingerprint density at radius 3 is 2.55 bits per heavy atom. The van der Waals surface area contributed by atoms with Gasteiger partial charge < -0.3 is 19.5 Å². The largest absolute Gasteiger partial charge is 0.493 e. The van der Waals surface area contributed by atoms with Crippen molar-refractivity contribution in [1.82, 2.24) is 4.31 Å². The summed E-state index contributed by atoms with van der Waals surface area (Å²) in [5.41, 5.74) is 0.301. The van der Waals surface area contributed by atoms with Gasteiger partial charge in [0.2, 0.25) is 10.0 Å². The number of halogens is 1. The fraction of sp³-hybridized carbons (Fsp3) is 0.316. The molecule has 2 aromatic carbocycles. The summed E-state index contributed by atoms with van der Waals surface area (Å²) >= 11 is 6.12. The summed E-state index contributed by atoms with van der Waals surface area (Å²) in [6, 6.07) is 11.3. The van der Waals surface area contributed by atoms with E-state index in [-0.39, 0.29) is 29.6 Å². The van der Waals surface area contributed by atoms with E-state index in [1.54, 1.807) is 24.3 Å². The van der Waals surface area contributed by atoms with Crippen molar-refractivity contribution >= 4 is 33.2 Å². The van der Waals surface area contributed by atoms with E-state index in [0.717, 1.165) is 0 Å². The Hall–Kier alpha value is -2.33. The lowest BCUT2D eigenvalue weighted by Crippen LogP contribution is -2.40. The summed E-state index contributed by atoms with van der Waals surface area (Å²) in [6.45, 7) is 0.889. The van der Waals surface area contributed by atoms with E-state index >= 15 is 0 Å². The Morgan fingerprint density at radius 1 is 1.17 bits per heavy atom. The summed E-state index contributed by atoms with van der Waals surface area (Å²) < 4.78 is 42.9. The number of carbonyl (C=O) groups is 1. The van der Waals surface area contributed by atoms with Gasteiger partial charge in [-0.1, -0.05) is 23.7 Å². The first-order valence-electron chi connectivity index (χ1n) is 8.85. The number of carbonyl (C=O) groups excluding carboxylic acids is 1. The topological polar surface area (TPSA) is 94.2 Å². The molecular formula is C19H21ClN2O6S. The minimum absolute atomic E-state index is 0.0653. The predicted octanol–water partition coefficient (Wildman–Crippen LogP) is 2.39. The molecule has 29 heavy (non-hydrogen) atoms. The molecule has 0 atom stereocenters. The Bertz CT molecular complexity index is 976. The van der Waals surface area contributed by atoms with Gasteiger partial charge >= 0.3 is 0 Å². The lowest BCUT2D eigenvalue weighted by Gasteiger charge is -2.26. The number of morpholine rings is 1. The van der Waals surface area contributed by atoms with Gasteiger partial charge in [0.15, 0.2) is 18.1 Å². The van der Waals surface area contributed by atoms with Crippen LogP contribution in [0.2, 0.25) is 5.02 Å². The number of nitrogens with one attached hydrogen (secondary N) is 1. The first kappa shape index (κ1) is 21.4. The van der Waals surface area contributed by atoms with Crippen molar-refractivity contribution in [3.8, 4) is 11.5 Å². The molecule has 1 heterocycles. The molecule has 1 fully saturated rings. The van der Waals surface area contributed by atoms with Crippen molar-refractivity contribution in [1.29, 1.82) is 0 Å². The van der Waals surface area contributed by atoms with E-state index in [4.69, 9.17) is 25.8 Å². The number of rotatable bonds is 7. The molecule has 1 aliphatic heterocycles. The third-order valence-electron chi connectivity index (χ3n) is 4.23. The van der Waals surface area contributed by atoms with Crippen molar-refractivity contribution in [3.63, 3.8) is 0 Å². The quantitative estimate of drug-likeness (QED) is 0.710. The van der Waals surface area contributed by atoms with Gasteiger partial charge in [-0.3, -0.25) is 4.79 Å². The molecule has 0 radical (unpaired) electrons. The number of amides is 1. The van der Waals surface area contributed by atoms with E-state index in [1.807, 2.05) is 0 Å². The zero-order valence-corrected chi connectivity index (χ0v) is 17.3. The standard InChI is InChI=1S/C19H21ClN2O6S/c1-26-16-4-2-3-5-17(16)28-13-19(23)21-14-6-7-15(20)18(12-14)29(24,25)22-8-10-27-11-9-22/h2-7,12H,8-11,13H2,1H3,(H,21,23). The predicted molar refractivity (Wildman–Crippen MR) is 108 cm³/mol. The third kappa shape index (κ3) is 5.18. The second-order valence-corrected chi connectivity index (χ2v) is 8.46. The molecule has 10 heteroatoms. The fourth-order valence-electron chi connectivity index (χ4n) is 2.78. The minimum Gasteiger partial charge on any atom is -0.493 e. The Kier molecular flexibility index (Phi) is 6.96. The molecular weight excluding hydrogens is 420 g/mol. The maximum atomic E-state index is 12.9. The van der Waals surface area contributed by atoms with Crippen LogP contribution in [-0.4, -0.2) is 58.7 Å². The number of para-hydroxylation sites is 2. The van der Waals surface area contributed by atoms with E-state index in [1.165, 1.54) is 29.6 Å². The molecule has 0 aromatic heterocycles. The Balaban J connectivity index is 1.70. The number of methoxy groups -OCH3 is 1. The van der Waals surface area contributed by atoms with Crippen LogP contribution in [0, 0.1) is 0 Å². The molecule has 0 unspecified atom stereocenters. The van der Waals surface area contributed by atoms with Crippen LogP contribution in [0.3, 0.4) is 0 Å². The normalized spacial score (nSPS) is 15.0. The van der Waals surface area contributed by atoms with Gasteiger partial charge in [-0.25, -0.2) is 8.42 Å². The first-order chi connectivity index (χ1) is 13.9. The number of hydrogen-bond donors (Lipinski definition) is 1. The van der Waals surface area contributed by atoms with E-state index in [0.29, 0.717) is 30.4 Å². The molecule has 1 saturated heterocycles. The van der Waals surface area contributed by atoms with Crippen LogP contribution in [0.15, 0.2) is 47.4 Å². The first-order valence-corrected chi connectivity index (χ1v) is 10.7. The van der Waals surface area contributed by atoms with Crippen LogP contribution in [-0.2, 0) is 19.6 Å². The highest BCUT2D eigenvalue weighted by molar-refractivity contribution is 7.89. The van der Waals surface area contributed by atoms with E-state index in [9.17, 15) is 13.2 Å². The summed E-state index contributed by atoms with van der Waals surface area (Å²) in [5.74, 6) is 0.482. The van der Waals surface area contributed by atoms with Crippen LogP contribution in [0.1, 0.15) is 0 Å². The molecule has 1 N–H and O–H groups in total. The molecule has 1 amide bonds. The number of anilines is 1. The lowest BCUT2D eigenvalue weighted by molar-refractivity contribution is -0.118. The molecule has 0 aliphatic carbocycles. The second-order valence-electron chi connectivity index (χ2n) is 6.15. The third-order valence-corrected chi connectivity index (χ3v) is 6.61. The van der Waals surface area contributed by atoms with E-state index in [2.05, 4.69) is 5.32 Å². The van der Waals surface area contributed by atoms with Crippen molar-refractivity contribution in [2.45, 2.75) is 4.90 Å². The van der Waals surface area contributed by atoms with Gasteiger partial charge in [-0.2, -0.15) is 4.31 Å². The molecule has 1 aliphatic rings. The lowest BCUT2D eigenvalue weighted by atomic mass is 10.3. The molecule has 0 saturated carbocycles. The zero-order chi connectivity index (χ0) is 20.9. The van der Waals surface area contributed by atoms with Crippen LogP contribution in [0.25, 0.3) is 0 Å². The maximum absolute atomic E-state index is 12.9. The number of ether oxygens (including phenoxy) is 3. The van der Waals surface area contributed by atoms with Crippen LogP contribution >= 0.6 is 11.6 Å². The number of sulfonamides is 1. The molecule has 0 bridgehead atoms. The highest BCUT2D eigenvalue weighted by atomic mass is 35.5. The van der Waals surface area contributed by atoms with Crippen LogP contribution < -0.4 is 14.8 Å². The molecule has 8 nitrogen and oxygen atoms in total. The summed E-state index contributed by atoms with van der Waals surface area (Å²) in [5, 5.41) is 2.70. The highest BCUT2D eigenvalue weighted by Crippen LogP contribution is 2.29. The highest BCUT2D eigenvalue weighted by Gasteiger charge is 2.28. The SMILES string of the molecule is COc1ccccc1OCC(=O)Nc1ccc(Cl)c(S(=O)(=O)N2CCOCC2)c1. The molecule has 156 valence electrons. The van der Waals surface area contributed by atoms with Gasteiger partial charge in [0, 0.05) is 18.8 Å². The smallest absolute Gasteiger partial charge is 0.262 e. The molecule has 2 aromatic rings. The average Bonchev–Trinajstić information content (AvgIpc) is 2.74. The van der Waals surface area contributed by atoms with Crippen molar-refractivity contribution in [2.24, 2.45) is 0 Å². The van der Waals surface area contributed by atoms with Gasteiger partial charge in [0.25, 0.3) is 5.91 Å². The van der Waals surface area contributed by atoms with Crippen LogP contribution in [0.5, 0.6) is 11.5 Å². The second kappa shape index (κ2) is 9.45.